The second-order valence-electron chi connectivity index (χ2n) is 7.10. The average molecular weight is 500 g/mol. The maximum atomic E-state index is 12.7. The van der Waals surface area contributed by atoms with E-state index in [1.54, 1.807) is 30.3 Å². The predicted molar refractivity (Wildman–Crippen MR) is 132 cm³/mol. The minimum atomic E-state index is -0.337. The zero-order valence-corrected chi connectivity index (χ0v) is 19.7. The van der Waals surface area contributed by atoms with Crippen molar-refractivity contribution in [3.8, 4) is 11.5 Å². The number of rotatable bonds is 8. The van der Waals surface area contributed by atoms with E-state index in [1.807, 2.05) is 48.5 Å². The molecule has 0 aromatic heterocycles. The predicted octanol–water partition coefficient (Wildman–Crippen LogP) is 6.69. The van der Waals surface area contributed by atoms with E-state index in [1.165, 1.54) is 4.90 Å². The second-order valence-corrected chi connectivity index (χ2v) is 8.93. The molecule has 0 spiro atoms. The maximum absolute atomic E-state index is 12.7. The van der Waals surface area contributed by atoms with Crippen LogP contribution in [0, 0.1) is 0 Å². The van der Waals surface area contributed by atoms with Crippen molar-refractivity contribution in [2.75, 3.05) is 13.2 Å². The Morgan fingerprint density at radius 1 is 0.879 bits per heavy atom. The molecule has 8 heteroatoms. The van der Waals surface area contributed by atoms with Crippen LogP contribution in [0.2, 0.25) is 10.0 Å². The molecule has 3 aromatic carbocycles. The van der Waals surface area contributed by atoms with Gasteiger partial charge in [0.05, 0.1) is 16.5 Å². The Bertz CT molecular complexity index is 1180. The molecule has 0 bridgehead atoms. The normalized spacial score (nSPS) is 14.7. The van der Waals surface area contributed by atoms with Gasteiger partial charge >= 0.3 is 0 Å². The molecule has 1 fully saturated rings. The molecular weight excluding hydrogens is 481 g/mol. The lowest BCUT2D eigenvalue weighted by Gasteiger charge is -2.13. The number of amides is 2. The lowest BCUT2D eigenvalue weighted by atomic mass is 10.2. The van der Waals surface area contributed by atoms with E-state index >= 15 is 0 Å². The topological polar surface area (TPSA) is 55.8 Å². The number of carbonyl (C=O) groups excluding carboxylic acids is 2. The molecule has 1 aliphatic rings. The third-order valence-electron chi connectivity index (χ3n) is 4.78. The summed E-state index contributed by atoms with van der Waals surface area (Å²) in [4.78, 5) is 26.5. The molecule has 4 rings (SSSR count). The van der Waals surface area contributed by atoms with Crippen molar-refractivity contribution in [1.82, 2.24) is 4.90 Å². The first-order valence-electron chi connectivity index (χ1n) is 10.1. The van der Waals surface area contributed by atoms with Gasteiger partial charge in [-0.3, -0.25) is 14.5 Å². The summed E-state index contributed by atoms with van der Waals surface area (Å²) in [6.07, 6.45) is 1.70. The molecule has 2 amide bonds. The number of carbonyl (C=O) groups is 2. The first-order valence-corrected chi connectivity index (χ1v) is 11.7. The number of thioether (sulfide) groups is 1. The molecule has 0 unspecified atom stereocenters. The SMILES string of the molecule is O=C1S/C(=C\c2ccc(OCc3ccc(Cl)cc3)cc2)C(=O)N1CCOc1ccccc1Cl. The van der Waals surface area contributed by atoms with Gasteiger partial charge in [-0.15, -0.1) is 0 Å². The first-order chi connectivity index (χ1) is 16.0. The Labute approximate surface area is 205 Å². The molecule has 0 atom stereocenters. The van der Waals surface area contributed by atoms with E-state index in [4.69, 9.17) is 32.7 Å². The van der Waals surface area contributed by atoms with E-state index < -0.39 is 0 Å². The number of imide groups is 1. The van der Waals surface area contributed by atoms with Crippen LogP contribution in [-0.2, 0) is 11.4 Å². The molecule has 1 heterocycles. The van der Waals surface area contributed by atoms with Crippen LogP contribution >= 0.6 is 35.0 Å². The molecule has 1 aliphatic heterocycles. The second kappa shape index (κ2) is 10.8. The number of para-hydroxylation sites is 1. The fourth-order valence-electron chi connectivity index (χ4n) is 3.06. The van der Waals surface area contributed by atoms with Crippen LogP contribution in [-0.4, -0.2) is 29.2 Å². The number of hydrogen-bond acceptors (Lipinski definition) is 5. The summed E-state index contributed by atoms with van der Waals surface area (Å²) < 4.78 is 11.4. The summed E-state index contributed by atoms with van der Waals surface area (Å²) in [7, 11) is 0. The van der Waals surface area contributed by atoms with Crippen LogP contribution in [0.1, 0.15) is 11.1 Å². The monoisotopic (exact) mass is 499 g/mol. The van der Waals surface area contributed by atoms with Gasteiger partial charge in [0.25, 0.3) is 11.1 Å². The van der Waals surface area contributed by atoms with Gasteiger partial charge in [-0.05, 0) is 65.4 Å². The molecule has 168 valence electrons. The van der Waals surface area contributed by atoms with E-state index in [2.05, 4.69) is 0 Å². The molecule has 0 radical (unpaired) electrons. The third kappa shape index (κ3) is 6.11. The van der Waals surface area contributed by atoms with Crippen LogP contribution in [0.4, 0.5) is 4.79 Å². The van der Waals surface area contributed by atoms with Crippen LogP contribution < -0.4 is 9.47 Å². The highest BCUT2D eigenvalue weighted by Gasteiger charge is 2.34. The third-order valence-corrected chi connectivity index (χ3v) is 6.25. The fourth-order valence-corrected chi connectivity index (χ4v) is 4.24. The zero-order chi connectivity index (χ0) is 23.2. The van der Waals surface area contributed by atoms with Gasteiger partial charge in [0.15, 0.2) is 0 Å². The highest BCUT2D eigenvalue weighted by Crippen LogP contribution is 2.32. The van der Waals surface area contributed by atoms with Crippen molar-refractivity contribution >= 4 is 52.2 Å². The largest absolute Gasteiger partial charge is 0.490 e. The van der Waals surface area contributed by atoms with Crippen molar-refractivity contribution in [2.24, 2.45) is 0 Å². The summed E-state index contributed by atoms with van der Waals surface area (Å²) in [6, 6.07) is 21.8. The van der Waals surface area contributed by atoms with Crippen molar-refractivity contribution < 1.29 is 19.1 Å². The van der Waals surface area contributed by atoms with Gasteiger partial charge in [0, 0.05) is 5.02 Å². The van der Waals surface area contributed by atoms with Crippen LogP contribution in [0.5, 0.6) is 11.5 Å². The first kappa shape index (κ1) is 23.2. The standard InChI is InChI=1S/C25H19Cl2NO4S/c26-19-9-5-18(6-10-19)16-32-20-11-7-17(8-12-20)15-23-24(29)28(25(30)33-23)13-14-31-22-4-2-1-3-21(22)27/h1-12,15H,13-14,16H2/b23-15-. The molecule has 0 N–H and O–H groups in total. The van der Waals surface area contributed by atoms with Gasteiger partial charge in [-0.1, -0.05) is 59.6 Å². The van der Waals surface area contributed by atoms with Crippen LogP contribution in [0.15, 0.2) is 77.7 Å². The Balaban J connectivity index is 1.32. The molecule has 0 aliphatic carbocycles. The number of halogens is 2. The molecular formula is C25H19Cl2NO4S. The summed E-state index contributed by atoms with van der Waals surface area (Å²) in [5, 5.41) is 0.838. The van der Waals surface area contributed by atoms with Crippen molar-refractivity contribution in [3.63, 3.8) is 0 Å². The summed E-state index contributed by atoms with van der Waals surface area (Å²) in [6.45, 7) is 0.727. The van der Waals surface area contributed by atoms with Crippen molar-refractivity contribution in [1.29, 1.82) is 0 Å². The fraction of sp³-hybridized carbons (Fsp3) is 0.120. The van der Waals surface area contributed by atoms with E-state index in [0.29, 0.717) is 33.1 Å². The van der Waals surface area contributed by atoms with Crippen LogP contribution in [0.25, 0.3) is 6.08 Å². The number of benzene rings is 3. The summed E-state index contributed by atoms with van der Waals surface area (Å²) in [5.74, 6) is 0.878. The molecule has 5 nitrogen and oxygen atoms in total. The molecule has 1 saturated heterocycles. The Morgan fingerprint density at radius 2 is 1.61 bits per heavy atom. The quantitative estimate of drug-likeness (QED) is 0.323. The minimum absolute atomic E-state index is 0.144. The van der Waals surface area contributed by atoms with Gasteiger partial charge in [0.1, 0.15) is 24.7 Å². The highest BCUT2D eigenvalue weighted by molar-refractivity contribution is 8.18. The molecule has 33 heavy (non-hydrogen) atoms. The van der Waals surface area contributed by atoms with Crippen molar-refractivity contribution in [3.05, 3.63) is 98.9 Å². The van der Waals surface area contributed by atoms with Crippen molar-refractivity contribution in [2.45, 2.75) is 6.61 Å². The van der Waals surface area contributed by atoms with Gasteiger partial charge in [0.2, 0.25) is 0 Å². The lowest BCUT2D eigenvalue weighted by Crippen LogP contribution is -2.32. The number of ether oxygens (including phenoxy) is 2. The number of nitrogens with zero attached hydrogens (tertiary/aromatic N) is 1. The number of hydrogen-bond donors (Lipinski definition) is 0. The van der Waals surface area contributed by atoms with Crippen LogP contribution in [0.3, 0.4) is 0 Å². The average Bonchev–Trinajstić information content (AvgIpc) is 3.08. The Kier molecular flexibility index (Phi) is 7.60. The minimum Gasteiger partial charge on any atom is -0.490 e. The van der Waals surface area contributed by atoms with Gasteiger partial charge in [-0.25, -0.2) is 0 Å². The molecule has 0 saturated carbocycles. The smallest absolute Gasteiger partial charge is 0.293 e. The zero-order valence-electron chi connectivity index (χ0n) is 17.4. The highest BCUT2D eigenvalue weighted by atomic mass is 35.5. The summed E-state index contributed by atoms with van der Waals surface area (Å²) >= 11 is 12.9. The summed E-state index contributed by atoms with van der Waals surface area (Å²) in [5.41, 5.74) is 1.81. The van der Waals surface area contributed by atoms with E-state index in [-0.39, 0.29) is 24.3 Å². The maximum Gasteiger partial charge on any atom is 0.293 e. The molecule has 3 aromatic rings. The van der Waals surface area contributed by atoms with E-state index in [0.717, 1.165) is 22.9 Å². The Hall–Kier alpha value is -2.93. The Morgan fingerprint density at radius 3 is 2.33 bits per heavy atom. The van der Waals surface area contributed by atoms with Gasteiger partial charge < -0.3 is 9.47 Å². The van der Waals surface area contributed by atoms with E-state index in [9.17, 15) is 9.59 Å². The van der Waals surface area contributed by atoms with Gasteiger partial charge in [-0.2, -0.15) is 0 Å². The lowest BCUT2D eigenvalue weighted by molar-refractivity contribution is -0.123.